The standard InChI is InChI=1S/C26H13ClN6OS/c1-2-15-5-3-4-6-19(15)20-11-18(12-28)29-13-21(20)24(34)33-26-32-23-25(35-26)31-22(14-30-23)16-7-9-17(27)10-8-16/h1,3-11,13-14H,(H,30,32,33,34). The Kier molecular flexibility index (Phi) is 5.90. The van der Waals surface area contributed by atoms with Gasteiger partial charge >= 0.3 is 0 Å². The van der Waals surface area contributed by atoms with Gasteiger partial charge in [-0.2, -0.15) is 10.2 Å². The second-order valence-corrected chi connectivity index (χ2v) is 8.69. The number of thiazole rings is 1. The van der Waals surface area contributed by atoms with Crippen molar-refractivity contribution >= 4 is 44.5 Å². The Labute approximate surface area is 209 Å². The molecule has 1 N–H and O–H groups in total. The summed E-state index contributed by atoms with van der Waals surface area (Å²) < 4.78 is 0. The lowest BCUT2D eigenvalue weighted by Crippen LogP contribution is -2.14. The molecule has 0 spiro atoms. The minimum absolute atomic E-state index is 0.173. The molecule has 3 aromatic heterocycles. The number of nitriles is 1. The number of aromatic nitrogens is 4. The number of carbonyl (C=O) groups is 1. The first-order valence-corrected chi connectivity index (χ1v) is 11.4. The zero-order valence-electron chi connectivity index (χ0n) is 17.9. The van der Waals surface area contributed by atoms with Crippen molar-refractivity contribution in [2.24, 2.45) is 0 Å². The predicted octanol–water partition coefficient (Wildman–Crippen LogP) is 5.57. The highest BCUT2D eigenvalue weighted by molar-refractivity contribution is 7.21. The van der Waals surface area contributed by atoms with Crippen molar-refractivity contribution in [3.05, 3.63) is 88.8 Å². The molecular weight excluding hydrogens is 480 g/mol. The minimum atomic E-state index is -0.444. The molecule has 0 atom stereocenters. The highest BCUT2D eigenvalue weighted by atomic mass is 35.5. The summed E-state index contributed by atoms with van der Waals surface area (Å²) in [6, 6.07) is 18.0. The van der Waals surface area contributed by atoms with Gasteiger partial charge in [0.05, 0.1) is 17.5 Å². The number of rotatable bonds is 4. The highest BCUT2D eigenvalue weighted by Gasteiger charge is 2.19. The number of hydrogen-bond donors (Lipinski definition) is 1. The van der Waals surface area contributed by atoms with E-state index in [9.17, 15) is 10.1 Å². The third-order valence-corrected chi connectivity index (χ3v) is 6.23. The Hall–Kier alpha value is -4.63. The fraction of sp³-hybridized carbons (Fsp3) is 0. The maximum absolute atomic E-state index is 13.2. The zero-order chi connectivity index (χ0) is 24.4. The molecule has 5 aromatic rings. The number of carbonyl (C=O) groups excluding carboxylic acids is 1. The average Bonchev–Trinajstić information content (AvgIpc) is 3.30. The van der Waals surface area contributed by atoms with Gasteiger partial charge in [0.15, 0.2) is 15.6 Å². The van der Waals surface area contributed by atoms with Crippen LogP contribution in [0.1, 0.15) is 21.6 Å². The largest absolute Gasteiger partial charge is 0.298 e. The fourth-order valence-electron chi connectivity index (χ4n) is 3.46. The van der Waals surface area contributed by atoms with Gasteiger partial charge in [-0.1, -0.05) is 59.2 Å². The van der Waals surface area contributed by atoms with Gasteiger partial charge in [-0.05, 0) is 29.8 Å². The summed E-state index contributed by atoms with van der Waals surface area (Å²) in [5.41, 5.74) is 4.13. The van der Waals surface area contributed by atoms with E-state index < -0.39 is 5.91 Å². The minimum Gasteiger partial charge on any atom is -0.298 e. The molecule has 5 rings (SSSR count). The number of fused-ring (bicyclic) bond motifs is 1. The Balaban J connectivity index is 1.49. The Morgan fingerprint density at radius 3 is 2.60 bits per heavy atom. The van der Waals surface area contributed by atoms with Gasteiger partial charge in [0, 0.05) is 27.9 Å². The number of nitrogens with one attached hydrogen (secondary N) is 1. The van der Waals surface area contributed by atoms with Crippen LogP contribution in [0, 0.1) is 23.7 Å². The highest BCUT2D eigenvalue weighted by Crippen LogP contribution is 2.30. The molecule has 0 aliphatic rings. The van der Waals surface area contributed by atoms with E-state index in [0.717, 1.165) is 5.56 Å². The van der Waals surface area contributed by atoms with Crippen LogP contribution in [0.15, 0.2) is 67.0 Å². The van der Waals surface area contributed by atoms with E-state index in [-0.39, 0.29) is 11.3 Å². The van der Waals surface area contributed by atoms with Crippen LogP contribution in [0.3, 0.4) is 0 Å². The summed E-state index contributed by atoms with van der Waals surface area (Å²) in [7, 11) is 0. The summed E-state index contributed by atoms with van der Waals surface area (Å²) in [6.45, 7) is 0. The number of hydrogen-bond acceptors (Lipinski definition) is 7. The molecule has 0 bridgehead atoms. The Morgan fingerprint density at radius 2 is 1.83 bits per heavy atom. The van der Waals surface area contributed by atoms with Gasteiger partial charge in [-0.3, -0.25) is 10.1 Å². The lowest BCUT2D eigenvalue weighted by Gasteiger charge is -2.11. The van der Waals surface area contributed by atoms with E-state index in [2.05, 4.69) is 31.2 Å². The van der Waals surface area contributed by atoms with Gasteiger partial charge < -0.3 is 0 Å². The third-order valence-electron chi connectivity index (χ3n) is 5.12. The van der Waals surface area contributed by atoms with Crippen LogP contribution in [0.4, 0.5) is 5.13 Å². The molecule has 2 aromatic carbocycles. The SMILES string of the molecule is C#Cc1ccccc1-c1cc(C#N)ncc1C(=O)Nc1nc2ncc(-c3ccc(Cl)cc3)nc2s1. The van der Waals surface area contributed by atoms with Crippen molar-refractivity contribution in [3.8, 4) is 40.8 Å². The molecule has 7 nitrogen and oxygen atoms in total. The second kappa shape index (κ2) is 9.32. The molecule has 9 heteroatoms. The van der Waals surface area contributed by atoms with Crippen molar-refractivity contribution < 1.29 is 4.79 Å². The topological polar surface area (TPSA) is 104 Å². The smallest absolute Gasteiger partial charge is 0.259 e. The molecular formula is C26H13ClN6OS. The van der Waals surface area contributed by atoms with E-state index in [1.165, 1.54) is 17.5 Å². The third kappa shape index (κ3) is 4.44. The van der Waals surface area contributed by atoms with Crippen molar-refractivity contribution in [2.75, 3.05) is 5.32 Å². The summed E-state index contributed by atoms with van der Waals surface area (Å²) in [4.78, 5) is 31.2. The molecule has 0 aliphatic carbocycles. The monoisotopic (exact) mass is 492 g/mol. The molecule has 0 saturated carbocycles. The number of anilines is 1. The molecule has 1 amide bonds. The number of halogens is 1. The first-order chi connectivity index (χ1) is 17.1. The summed E-state index contributed by atoms with van der Waals surface area (Å²) in [5, 5.41) is 13.1. The van der Waals surface area contributed by atoms with Crippen molar-refractivity contribution in [1.82, 2.24) is 19.9 Å². The molecule has 0 radical (unpaired) electrons. The molecule has 0 saturated heterocycles. The van der Waals surface area contributed by atoms with Gasteiger partial charge in [-0.15, -0.1) is 6.42 Å². The maximum atomic E-state index is 13.2. The van der Waals surface area contributed by atoms with Crippen molar-refractivity contribution in [1.29, 1.82) is 5.26 Å². The molecule has 3 heterocycles. The molecule has 0 fully saturated rings. The second-order valence-electron chi connectivity index (χ2n) is 7.28. The Bertz CT molecular complexity index is 1680. The molecule has 35 heavy (non-hydrogen) atoms. The van der Waals surface area contributed by atoms with E-state index >= 15 is 0 Å². The number of amides is 1. The quantitative estimate of drug-likeness (QED) is 0.329. The van der Waals surface area contributed by atoms with Crippen LogP contribution in [0.2, 0.25) is 5.02 Å². The van der Waals surface area contributed by atoms with E-state index in [1.54, 1.807) is 36.5 Å². The van der Waals surface area contributed by atoms with E-state index in [1.807, 2.05) is 30.3 Å². The lowest BCUT2D eigenvalue weighted by atomic mass is 9.96. The van der Waals surface area contributed by atoms with Crippen molar-refractivity contribution in [2.45, 2.75) is 0 Å². The van der Waals surface area contributed by atoms with E-state index in [0.29, 0.717) is 43.0 Å². The van der Waals surface area contributed by atoms with Crippen LogP contribution >= 0.6 is 22.9 Å². The van der Waals surface area contributed by atoms with Crippen molar-refractivity contribution in [3.63, 3.8) is 0 Å². The average molecular weight is 493 g/mol. The van der Waals surface area contributed by atoms with E-state index in [4.69, 9.17) is 18.0 Å². The Morgan fingerprint density at radius 1 is 1.03 bits per heavy atom. The number of pyridine rings is 1. The van der Waals surface area contributed by atoms with Gasteiger partial charge in [0.2, 0.25) is 0 Å². The molecule has 166 valence electrons. The maximum Gasteiger partial charge on any atom is 0.259 e. The lowest BCUT2D eigenvalue weighted by molar-refractivity contribution is 0.102. The fourth-order valence-corrected chi connectivity index (χ4v) is 4.38. The van der Waals surface area contributed by atoms with Crippen LogP contribution in [-0.2, 0) is 0 Å². The summed E-state index contributed by atoms with van der Waals surface area (Å²) in [5.74, 6) is 2.17. The zero-order valence-corrected chi connectivity index (χ0v) is 19.4. The number of nitrogens with zero attached hydrogens (tertiary/aromatic N) is 5. The number of terminal acetylenes is 1. The van der Waals surface area contributed by atoms with Crippen LogP contribution < -0.4 is 5.32 Å². The first kappa shape index (κ1) is 22.2. The van der Waals surface area contributed by atoms with Gasteiger partial charge in [0.25, 0.3) is 5.91 Å². The van der Waals surface area contributed by atoms with Crippen LogP contribution in [-0.4, -0.2) is 25.8 Å². The normalized spacial score (nSPS) is 10.5. The van der Waals surface area contributed by atoms with Gasteiger partial charge in [-0.25, -0.2) is 15.0 Å². The van der Waals surface area contributed by atoms with Gasteiger partial charge in [0.1, 0.15) is 11.8 Å². The molecule has 0 unspecified atom stereocenters. The van der Waals surface area contributed by atoms with Crippen LogP contribution in [0.5, 0.6) is 0 Å². The summed E-state index contributed by atoms with van der Waals surface area (Å²) in [6.07, 6.45) is 8.63. The predicted molar refractivity (Wildman–Crippen MR) is 136 cm³/mol. The van der Waals surface area contributed by atoms with Crippen LogP contribution in [0.25, 0.3) is 32.9 Å². The first-order valence-electron chi connectivity index (χ1n) is 10.2. The number of benzene rings is 2. The summed E-state index contributed by atoms with van der Waals surface area (Å²) >= 11 is 7.17. The molecule has 0 aliphatic heterocycles.